The van der Waals surface area contributed by atoms with Crippen molar-refractivity contribution in [1.29, 1.82) is 0 Å². The van der Waals surface area contributed by atoms with Crippen molar-refractivity contribution in [3.05, 3.63) is 30.3 Å². The number of aliphatic hydroxyl groups is 1. The molecule has 0 spiro atoms. The SMILES string of the molecule is CC(=O)O[C@@H]1[C@@H](O)[C@H](OC(C)=O)CO[C@H]1Sc1ccccc1. The van der Waals surface area contributed by atoms with Crippen molar-refractivity contribution in [2.75, 3.05) is 6.61 Å². The number of hydrogen-bond donors (Lipinski definition) is 1. The van der Waals surface area contributed by atoms with Crippen LogP contribution < -0.4 is 0 Å². The molecule has 1 N–H and O–H groups in total. The predicted molar refractivity (Wildman–Crippen MR) is 79.2 cm³/mol. The first-order valence-electron chi connectivity index (χ1n) is 6.83. The Morgan fingerprint density at radius 3 is 2.41 bits per heavy atom. The highest BCUT2D eigenvalue weighted by Crippen LogP contribution is 2.33. The molecule has 1 aromatic carbocycles. The molecule has 7 heteroatoms. The van der Waals surface area contributed by atoms with Crippen molar-refractivity contribution in [3.63, 3.8) is 0 Å². The molecule has 6 nitrogen and oxygen atoms in total. The van der Waals surface area contributed by atoms with E-state index < -0.39 is 35.7 Å². The normalized spacial score (nSPS) is 28.0. The van der Waals surface area contributed by atoms with E-state index in [1.807, 2.05) is 30.3 Å². The summed E-state index contributed by atoms with van der Waals surface area (Å²) in [4.78, 5) is 23.3. The van der Waals surface area contributed by atoms with E-state index in [-0.39, 0.29) is 6.61 Å². The van der Waals surface area contributed by atoms with Crippen LogP contribution in [0.3, 0.4) is 0 Å². The summed E-state index contributed by atoms with van der Waals surface area (Å²) in [5.41, 5.74) is -0.576. The van der Waals surface area contributed by atoms with Gasteiger partial charge in [-0.05, 0) is 12.1 Å². The first kappa shape index (κ1) is 16.8. The molecule has 120 valence electrons. The second kappa shape index (κ2) is 7.62. The largest absolute Gasteiger partial charge is 0.457 e. The standard InChI is InChI=1S/C15H18O6S/c1-9(16)20-12-8-19-15(14(13(12)18)21-10(2)17)22-11-6-4-3-5-7-11/h3-7,12-15,18H,8H2,1-2H3/t12-,13+,14-,15+/m1/s1. The number of esters is 2. The summed E-state index contributed by atoms with van der Waals surface area (Å²) in [6.45, 7) is 2.55. The fraction of sp³-hybridized carbons (Fsp3) is 0.467. The van der Waals surface area contributed by atoms with Gasteiger partial charge in [-0.15, -0.1) is 0 Å². The van der Waals surface area contributed by atoms with E-state index in [0.29, 0.717) is 0 Å². The van der Waals surface area contributed by atoms with Crippen LogP contribution in [0.2, 0.25) is 0 Å². The molecule has 1 aliphatic rings. The Morgan fingerprint density at radius 1 is 1.18 bits per heavy atom. The summed E-state index contributed by atoms with van der Waals surface area (Å²) in [5, 5.41) is 10.3. The number of hydrogen-bond acceptors (Lipinski definition) is 7. The Bertz CT molecular complexity index is 520. The maximum atomic E-state index is 11.3. The van der Waals surface area contributed by atoms with Gasteiger partial charge in [-0.3, -0.25) is 9.59 Å². The zero-order chi connectivity index (χ0) is 16.1. The fourth-order valence-electron chi connectivity index (χ4n) is 2.12. The monoisotopic (exact) mass is 326 g/mol. The highest BCUT2D eigenvalue weighted by atomic mass is 32.2. The lowest BCUT2D eigenvalue weighted by Crippen LogP contribution is -2.54. The average Bonchev–Trinajstić information content (AvgIpc) is 2.46. The van der Waals surface area contributed by atoms with Gasteiger partial charge in [0, 0.05) is 18.7 Å². The molecular formula is C15H18O6S. The van der Waals surface area contributed by atoms with Crippen LogP contribution >= 0.6 is 11.8 Å². The Kier molecular flexibility index (Phi) is 5.82. The Hall–Kier alpha value is -1.57. The van der Waals surface area contributed by atoms with Crippen molar-refractivity contribution in [1.82, 2.24) is 0 Å². The quantitative estimate of drug-likeness (QED) is 0.837. The van der Waals surface area contributed by atoms with Crippen LogP contribution in [-0.2, 0) is 23.8 Å². The Morgan fingerprint density at radius 2 is 1.82 bits per heavy atom. The van der Waals surface area contributed by atoms with Gasteiger partial charge in [0.1, 0.15) is 11.5 Å². The van der Waals surface area contributed by atoms with Crippen molar-refractivity contribution in [2.45, 2.75) is 42.5 Å². The highest BCUT2D eigenvalue weighted by molar-refractivity contribution is 7.99. The third-order valence-electron chi connectivity index (χ3n) is 3.03. The summed E-state index contributed by atoms with van der Waals surface area (Å²) in [6, 6.07) is 9.43. The van der Waals surface area contributed by atoms with Crippen LogP contribution in [0.1, 0.15) is 13.8 Å². The van der Waals surface area contributed by atoms with Gasteiger partial charge in [0.05, 0.1) is 6.61 Å². The summed E-state index contributed by atoms with van der Waals surface area (Å²) in [5.74, 6) is -1.06. The van der Waals surface area contributed by atoms with E-state index in [1.165, 1.54) is 25.6 Å². The topological polar surface area (TPSA) is 82.1 Å². The van der Waals surface area contributed by atoms with Gasteiger partial charge in [-0.1, -0.05) is 30.0 Å². The molecule has 4 atom stereocenters. The van der Waals surface area contributed by atoms with E-state index in [0.717, 1.165) is 4.90 Å². The van der Waals surface area contributed by atoms with Crippen LogP contribution in [0.25, 0.3) is 0 Å². The van der Waals surface area contributed by atoms with Crippen LogP contribution in [0, 0.1) is 0 Å². The molecule has 0 saturated carbocycles. The molecule has 1 fully saturated rings. The number of thioether (sulfide) groups is 1. The van der Waals surface area contributed by atoms with Crippen LogP contribution in [0.5, 0.6) is 0 Å². The maximum absolute atomic E-state index is 11.3. The number of ether oxygens (including phenoxy) is 3. The molecule has 2 rings (SSSR count). The molecule has 22 heavy (non-hydrogen) atoms. The summed E-state index contributed by atoms with van der Waals surface area (Å²) in [7, 11) is 0. The van der Waals surface area contributed by atoms with E-state index in [9.17, 15) is 14.7 Å². The van der Waals surface area contributed by atoms with Crippen molar-refractivity contribution < 1.29 is 28.9 Å². The van der Waals surface area contributed by atoms with Crippen LogP contribution in [-0.4, -0.2) is 47.4 Å². The van der Waals surface area contributed by atoms with Gasteiger partial charge in [0.25, 0.3) is 0 Å². The molecule has 0 aromatic heterocycles. The first-order valence-corrected chi connectivity index (χ1v) is 7.71. The summed E-state index contributed by atoms with van der Waals surface area (Å²) in [6.07, 6.45) is -2.90. The summed E-state index contributed by atoms with van der Waals surface area (Å²) >= 11 is 1.34. The van der Waals surface area contributed by atoms with Gasteiger partial charge >= 0.3 is 11.9 Å². The molecule has 1 heterocycles. The zero-order valence-corrected chi connectivity index (χ0v) is 13.1. The third-order valence-corrected chi connectivity index (χ3v) is 4.21. The minimum atomic E-state index is -1.14. The van der Waals surface area contributed by atoms with Gasteiger partial charge < -0.3 is 19.3 Å². The minimum Gasteiger partial charge on any atom is -0.457 e. The van der Waals surface area contributed by atoms with E-state index >= 15 is 0 Å². The molecule has 0 amide bonds. The fourth-order valence-corrected chi connectivity index (χ4v) is 3.20. The van der Waals surface area contributed by atoms with Gasteiger partial charge in [0.15, 0.2) is 12.2 Å². The van der Waals surface area contributed by atoms with Crippen LogP contribution in [0.4, 0.5) is 0 Å². The molecule has 1 aliphatic heterocycles. The highest BCUT2D eigenvalue weighted by Gasteiger charge is 2.43. The van der Waals surface area contributed by atoms with Gasteiger partial charge in [0.2, 0.25) is 0 Å². The van der Waals surface area contributed by atoms with E-state index in [4.69, 9.17) is 14.2 Å². The lowest BCUT2D eigenvalue weighted by atomic mass is 10.1. The number of carbonyl (C=O) groups excluding carboxylic acids is 2. The zero-order valence-electron chi connectivity index (χ0n) is 12.3. The predicted octanol–water partition coefficient (Wildman–Crippen LogP) is 1.36. The van der Waals surface area contributed by atoms with E-state index in [1.54, 1.807) is 0 Å². The van der Waals surface area contributed by atoms with Gasteiger partial charge in [-0.25, -0.2) is 0 Å². The molecular weight excluding hydrogens is 308 g/mol. The van der Waals surface area contributed by atoms with E-state index in [2.05, 4.69) is 0 Å². The molecule has 1 aromatic rings. The molecule has 1 saturated heterocycles. The summed E-state index contributed by atoms with van der Waals surface area (Å²) < 4.78 is 15.8. The minimum absolute atomic E-state index is 0.0447. The molecule has 0 bridgehead atoms. The van der Waals surface area contributed by atoms with Crippen molar-refractivity contribution in [2.24, 2.45) is 0 Å². The second-order valence-electron chi connectivity index (χ2n) is 4.85. The molecule has 0 unspecified atom stereocenters. The lowest BCUT2D eigenvalue weighted by Gasteiger charge is -2.38. The smallest absolute Gasteiger partial charge is 0.303 e. The number of rotatable bonds is 4. The Labute approximate surface area is 132 Å². The maximum Gasteiger partial charge on any atom is 0.303 e. The van der Waals surface area contributed by atoms with Gasteiger partial charge in [-0.2, -0.15) is 0 Å². The first-order chi connectivity index (χ1) is 10.5. The number of benzene rings is 1. The Balaban J connectivity index is 2.11. The number of aliphatic hydroxyl groups excluding tert-OH is 1. The lowest BCUT2D eigenvalue weighted by molar-refractivity contribution is -0.201. The third kappa shape index (κ3) is 4.46. The van der Waals surface area contributed by atoms with Crippen molar-refractivity contribution in [3.8, 4) is 0 Å². The molecule has 0 aliphatic carbocycles. The number of carbonyl (C=O) groups is 2. The molecule has 0 radical (unpaired) electrons. The second-order valence-corrected chi connectivity index (χ2v) is 6.02. The average molecular weight is 326 g/mol. The van der Waals surface area contributed by atoms with Crippen molar-refractivity contribution >= 4 is 23.7 Å². The van der Waals surface area contributed by atoms with Crippen LogP contribution in [0.15, 0.2) is 35.2 Å².